The van der Waals surface area contributed by atoms with Gasteiger partial charge in [0.1, 0.15) is 11.6 Å². The van der Waals surface area contributed by atoms with Crippen LogP contribution in [0.5, 0.6) is 11.6 Å². The largest absolute Gasteiger partial charge is 0.439 e. The number of likely N-dealkylation sites (tertiary alicyclic amines) is 1. The fraction of sp³-hybridized carbons (Fsp3) is 0.429. The highest BCUT2D eigenvalue weighted by Crippen LogP contribution is 2.20. The van der Waals surface area contributed by atoms with Gasteiger partial charge in [-0.1, -0.05) is 6.07 Å². The van der Waals surface area contributed by atoms with Crippen LogP contribution in [0.4, 0.5) is 4.39 Å². The lowest BCUT2D eigenvalue weighted by molar-refractivity contribution is 0.157. The van der Waals surface area contributed by atoms with Crippen molar-refractivity contribution < 1.29 is 13.9 Å². The highest BCUT2D eigenvalue weighted by atomic mass is 19.1. The quantitative estimate of drug-likeness (QED) is 0.583. The number of ether oxygens (including phenoxy) is 2. The molecule has 1 aliphatic heterocycles. The number of hydrogen-bond donors (Lipinski definition) is 1. The summed E-state index contributed by atoms with van der Waals surface area (Å²) in [6, 6.07) is 9.60. The maximum atomic E-state index is 13.0. The highest BCUT2D eigenvalue weighted by Gasteiger charge is 2.24. The normalized spacial score (nSPS) is 17.0. The summed E-state index contributed by atoms with van der Waals surface area (Å²) in [4.78, 5) is 11.4. The molecule has 0 radical (unpaired) electrons. The van der Waals surface area contributed by atoms with E-state index < -0.39 is 0 Å². The van der Waals surface area contributed by atoms with Crippen LogP contribution < -0.4 is 10.1 Å². The first-order chi connectivity index (χ1) is 13.7. The topological polar surface area (TPSA) is 59.0 Å². The maximum absolute atomic E-state index is 13.0. The number of aliphatic imine (C=N–C) groups is 1. The van der Waals surface area contributed by atoms with Crippen LogP contribution in [0.15, 0.2) is 47.6 Å². The Balaban J connectivity index is 1.59. The SMILES string of the molecule is CCNC(=NCc1ccc(Oc2ccc(F)cc2)nc1)N1CCC(COC)C1. The first-order valence-corrected chi connectivity index (χ1v) is 9.58. The third-order valence-electron chi connectivity index (χ3n) is 4.57. The molecule has 0 saturated carbocycles. The Hall–Kier alpha value is -2.67. The minimum absolute atomic E-state index is 0.295. The second-order valence-corrected chi connectivity index (χ2v) is 6.79. The van der Waals surface area contributed by atoms with Crippen LogP contribution in [0.2, 0.25) is 0 Å². The molecule has 0 aliphatic carbocycles. The first kappa shape index (κ1) is 20.1. The van der Waals surface area contributed by atoms with Crippen LogP contribution in [-0.4, -0.2) is 49.2 Å². The fourth-order valence-corrected chi connectivity index (χ4v) is 3.18. The number of aromatic nitrogens is 1. The van der Waals surface area contributed by atoms with Crippen LogP contribution >= 0.6 is 0 Å². The molecule has 6 nitrogen and oxygen atoms in total. The van der Waals surface area contributed by atoms with E-state index in [0.29, 0.717) is 24.1 Å². The number of hydrogen-bond acceptors (Lipinski definition) is 4. The monoisotopic (exact) mass is 386 g/mol. The van der Waals surface area contributed by atoms with Gasteiger partial charge in [-0.15, -0.1) is 0 Å². The Morgan fingerprint density at radius 3 is 2.79 bits per heavy atom. The molecule has 1 aromatic carbocycles. The number of nitrogens with zero attached hydrogens (tertiary/aromatic N) is 3. The molecule has 1 aromatic heterocycles. The van der Waals surface area contributed by atoms with Crippen molar-refractivity contribution in [2.45, 2.75) is 19.9 Å². The Morgan fingerprint density at radius 2 is 2.11 bits per heavy atom. The standard InChI is InChI=1S/C21H27FN4O2/c1-3-23-21(26-11-10-17(14-26)15-27-2)25-13-16-4-9-20(24-12-16)28-19-7-5-18(22)6-8-19/h4-9,12,17H,3,10-11,13-15H2,1-2H3,(H,23,25). The number of halogens is 1. The zero-order chi connectivity index (χ0) is 19.8. The van der Waals surface area contributed by atoms with E-state index in [1.807, 2.05) is 6.07 Å². The van der Waals surface area contributed by atoms with Gasteiger partial charge in [-0.3, -0.25) is 0 Å². The van der Waals surface area contributed by atoms with Gasteiger partial charge in [0.2, 0.25) is 5.88 Å². The van der Waals surface area contributed by atoms with Gasteiger partial charge >= 0.3 is 0 Å². The summed E-state index contributed by atoms with van der Waals surface area (Å²) in [6.07, 6.45) is 2.87. The molecule has 1 aliphatic rings. The molecule has 2 aromatic rings. The summed E-state index contributed by atoms with van der Waals surface area (Å²) >= 11 is 0. The Labute approximate surface area is 165 Å². The van der Waals surface area contributed by atoms with Crippen LogP contribution in [-0.2, 0) is 11.3 Å². The maximum Gasteiger partial charge on any atom is 0.219 e. The number of methoxy groups -OCH3 is 1. The molecule has 3 rings (SSSR count). The van der Waals surface area contributed by atoms with E-state index in [2.05, 4.69) is 22.1 Å². The average Bonchev–Trinajstić information content (AvgIpc) is 3.17. The van der Waals surface area contributed by atoms with E-state index in [1.54, 1.807) is 31.5 Å². The molecular formula is C21H27FN4O2. The Bertz CT molecular complexity index is 765. The molecule has 2 heterocycles. The van der Waals surface area contributed by atoms with Crippen molar-refractivity contribution in [3.05, 3.63) is 54.0 Å². The van der Waals surface area contributed by atoms with Crippen LogP contribution in [0.1, 0.15) is 18.9 Å². The molecule has 1 saturated heterocycles. The van der Waals surface area contributed by atoms with Gasteiger partial charge in [0.05, 0.1) is 13.2 Å². The molecule has 1 unspecified atom stereocenters. The lowest BCUT2D eigenvalue weighted by Gasteiger charge is -2.21. The summed E-state index contributed by atoms with van der Waals surface area (Å²) in [6.45, 7) is 6.17. The summed E-state index contributed by atoms with van der Waals surface area (Å²) in [7, 11) is 1.75. The highest BCUT2D eigenvalue weighted by molar-refractivity contribution is 5.80. The Morgan fingerprint density at radius 1 is 1.29 bits per heavy atom. The van der Waals surface area contributed by atoms with Crippen molar-refractivity contribution in [3.63, 3.8) is 0 Å². The van der Waals surface area contributed by atoms with Crippen molar-refractivity contribution in [2.24, 2.45) is 10.9 Å². The van der Waals surface area contributed by atoms with Crippen molar-refractivity contribution in [2.75, 3.05) is 33.4 Å². The smallest absolute Gasteiger partial charge is 0.219 e. The molecular weight excluding hydrogens is 359 g/mol. The predicted octanol–water partition coefficient (Wildman–Crippen LogP) is 3.45. The first-order valence-electron chi connectivity index (χ1n) is 9.58. The molecule has 150 valence electrons. The molecule has 7 heteroatoms. The van der Waals surface area contributed by atoms with Crippen LogP contribution in [0.25, 0.3) is 0 Å². The number of nitrogens with one attached hydrogen (secondary N) is 1. The summed E-state index contributed by atoms with van der Waals surface area (Å²) in [5, 5.41) is 3.37. The average molecular weight is 386 g/mol. The van der Waals surface area contributed by atoms with E-state index in [4.69, 9.17) is 14.5 Å². The fourth-order valence-electron chi connectivity index (χ4n) is 3.18. The minimum atomic E-state index is -0.295. The second kappa shape index (κ2) is 10.0. The molecule has 1 fully saturated rings. The molecule has 28 heavy (non-hydrogen) atoms. The molecule has 0 bridgehead atoms. The van der Waals surface area contributed by atoms with Crippen LogP contribution in [0, 0.1) is 11.7 Å². The molecule has 0 spiro atoms. The van der Waals surface area contributed by atoms with E-state index in [0.717, 1.165) is 44.2 Å². The number of guanidine groups is 1. The van der Waals surface area contributed by atoms with Crippen LogP contribution in [0.3, 0.4) is 0 Å². The van der Waals surface area contributed by atoms with E-state index >= 15 is 0 Å². The van der Waals surface area contributed by atoms with Crippen molar-refractivity contribution in [1.82, 2.24) is 15.2 Å². The molecule has 1 N–H and O–H groups in total. The number of benzene rings is 1. The van der Waals surface area contributed by atoms with Crippen molar-refractivity contribution in [3.8, 4) is 11.6 Å². The van der Waals surface area contributed by atoms with E-state index in [-0.39, 0.29) is 5.82 Å². The number of rotatable bonds is 7. The lowest BCUT2D eigenvalue weighted by atomic mass is 10.1. The summed E-state index contributed by atoms with van der Waals surface area (Å²) in [5.41, 5.74) is 0.995. The molecule has 0 amide bonds. The van der Waals surface area contributed by atoms with Crippen molar-refractivity contribution in [1.29, 1.82) is 0 Å². The molecule has 1 atom stereocenters. The predicted molar refractivity (Wildman–Crippen MR) is 107 cm³/mol. The lowest BCUT2D eigenvalue weighted by Crippen LogP contribution is -2.40. The van der Waals surface area contributed by atoms with Gasteiger partial charge in [-0.2, -0.15) is 0 Å². The van der Waals surface area contributed by atoms with Gasteiger partial charge < -0.3 is 19.7 Å². The zero-order valence-corrected chi connectivity index (χ0v) is 16.4. The zero-order valence-electron chi connectivity index (χ0n) is 16.4. The van der Waals surface area contributed by atoms with E-state index in [9.17, 15) is 4.39 Å². The van der Waals surface area contributed by atoms with Gasteiger partial charge in [0.15, 0.2) is 5.96 Å². The minimum Gasteiger partial charge on any atom is -0.439 e. The van der Waals surface area contributed by atoms with Gasteiger partial charge in [0, 0.05) is 44.9 Å². The second-order valence-electron chi connectivity index (χ2n) is 6.79. The van der Waals surface area contributed by atoms with Gasteiger partial charge in [0.25, 0.3) is 0 Å². The van der Waals surface area contributed by atoms with Gasteiger partial charge in [-0.05, 0) is 43.2 Å². The third kappa shape index (κ3) is 5.66. The van der Waals surface area contributed by atoms with Gasteiger partial charge in [-0.25, -0.2) is 14.4 Å². The summed E-state index contributed by atoms with van der Waals surface area (Å²) < 4.78 is 23.9. The third-order valence-corrected chi connectivity index (χ3v) is 4.57. The van der Waals surface area contributed by atoms with Crippen molar-refractivity contribution >= 4 is 5.96 Å². The summed E-state index contributed by atoms with van der Waals surface area (Å²) in [5.74, 6) is 2.20. The Kier molecular flexibility index (Phi) is 7.19. The number of pyridine rings is 1. The van der Waals surface area contributed by atoms with E-state index in [1.165, 1.54) is 12.1 Å².